The van der Waals surface area contributed by atoms with Gasteiger partial charge in [-0.25, -0.2) is 4.39 Å². The lowest BCUT2D eigenvalue weighted by molar-refractivity contribution is 0.162. The molecule has 1 aromatic heterocycles. The average molecular weight is 270 g/mol. The second-order valence-corrected chi connectivity index (χ2v) is 4.32. The summed E-state index contributed by atoms with van der Waals surface area (Å²) in [6.07, 6.45) is 0. The largest absolute Gasteiger partial charge is 0.462 e. The summed E-state index contributed by atoms with van der Waals surface area (Å²) in [6, 6.07) is 7.04. The Hall–Kier alpha value is -1.36. The Morgan fingerprint density at radius 3 is 2.89 bits per heavy atom. The Morgan fingerprint density at radius 2 is 2.17 bits per heavy atom. The molecule has 18 heavy (non-hydrogen) atoms. The van der Waals surface area contributed by atoms with Crippen LogP contribution in [-0.4, -0.2) is 7.11 Å². The van der Waals surface area contributed by atoms with Gasteiger partial charge in [0.25, 0.3) is 0 Å². The van der Waals surface area contributed by atoms with Crippen LogP contribution in [0.3, 0.4) is 0 Å². The van der Waals surface area contributed by atoms with E-state index in [9.17, 15) is 4.39 Å². The van der Waals surface area contributed by atoms with Gasteiger partial charge in [0.15, 0.2) is 0 Å². The maximum Gasteiger partial charge on any atom is 0.129 e. The van der Waals surface area contributed by atoms with Gasteiger partial charge in [-0.05, 0) is 30.3 Å². The van der Waals surface area contributed by atoms with Crippen molar-refractivity contribution in [2.24, 2.45) is 5.73 Å². The predicted molar refractivity (Wildman–Crippen MR) is 66.9 cm³/mol. The average Bonchev–Trinajstić information content (AvgIpc) is 2.80. The lowest BCUT2D eigenvalue weighted by atomic mass is 10.1. The molecule has 0 amide bonds. The van der Waals surface area contributed by atoms with Gasteiger partial charge < -0.3 is 14.9 Å². The fraction of sp³-hybridized carbons (Fsp3) is 0.231. The highest BCUT2D eigenvalue weighted by Crippen LogP contribution is 2.26. The first kappa shape index (κ1) is 13.1. The molecule has 0 saturated carbocycles. The highest BCUT2D eigenvalue weighted by Gasteiger charge is 2.17. The number of furan rings is 1. The summed E-state index contributed by atoms with van der Waals surface area (Å²) >= 11 is 5.83. The van der Waals surface area contributed by atoms with Gasteiger partial charge in [-0.15, -0.1) is 0 Å². The quantitative estimate of drug-likeness (QED) is 0.927. The summed E-state index contributed by atoms with van der Waals surface area (Å²) in [5.41, 5.74) is 6.27. The summed E-state index contributed by atoms with van der Waals surface area (Å²) < 4.78 is 24.1. The van der Waals surface area contributed by atoms with Gasteiger partial charge in [-0.3, -0.25) is 0 Å². The van der Waals surface area contributed by atoms with Gasteiger partial charge in [0.05, 0.1) is 6.04 Å². The van der Waals surface area contributed by atoms with E-state index in [1.54, 1.807) is 19.2 Å². The maximum absolute atomic E-state index is 13.7. The third kappa shape index (κ3) is 2.72. The standard InChI is InChI=1S/C13H13ClFNO2/c1-17-7-9-3-5-12(18-9)13(16)10-6-8(14)2-4-11(10)15/h2-6,13H,7,16H2,1H3. The fourth-order valence-electron chi connectivity index (χ4n) is 1.69. The second-order valence-electron chi connectivity index (χ2n) is 3.88. The lowest BCUT2D eigenvalue weighted by Gasteiger charge is -2.10. The molecule has 0 aliphatic rings. The van der Waals surface area contributed by atoms with Crippen molar-refractivity contribution in [3.05, 3.63) is 58.3 Å². The molecule has 5 heteroatoms. The van der Waals surface area contributed by atoms with E-state index in [-0.39, 0.29) is 0 Å². The zero-order valence-electron chi connectivity index (χ0n) is 9.82. The molecule has 1 heterocycles. The molecule has 0 spiro atoms. The second kappa shape index (κ2) is 5.52. The topological polar surface area (TPSA) is 48.4 Å². The number of benzene rings is 1. The Balaban J connectivity index is 2.29. The number of nitrogens with two attached hydrogens (primary N) is 1. The minimum atomic E-state index is -0.686. The number of rotatable bonds is 4. The summed E-state index contributed by atoms with van der Waals surface area (Å²) in [5.74, 6) is 0.713. The van der Waals surface area contributed by atoms with Gasteiger partial charge in [0.2, 0.25) is 0 Å². The van der Waals surface area contributed by atoms with E-state index < -0.39 is 11.9 Å². The van der Waals surface area contributed by atoms with Crippen molar-refractivity contribution in [3.8, 4) is 0 Å². The molecule has 0 saturated heterocycles. The summed E-state index contributed by atoms with van der Waals surface area (Å²) in [4.78, 5) is 0. The Bertz CT molecular complexity index is 542. The van der Waals surface area contributed by atoms with E-state index in [0.29, 0.717) is 28.7 Å². The highest BCUT2D eigenvalue weighted by atomic mass is 35.5. The van der Waals surface area contributed by atoms with E-state index in [1.165, 1.54) is 18.2 Å². The van der Waals surface area contributed by atoms with Crippen molar-refractivity contribution >= 4 is 11.6 Å². The van der Waals surface area contributed by atoms with E-state index >= 15 is 0 Å². The van der Waals surface area contributed by atoms with Crippen LogP contribution >= 0.6 is 11.6 Å². The van der Waals surface area contributed by atoms with Crippen LogP contribution in [0.5, 0.6) is 0 Å². The molecule has 2 N–H and O–H groups in total. The molecule has 0 radical (unpaired) electrons. The number of hydrogen-bond acceptors (Lipinski definition) is 3. The minimum Gasteiger partial charge on any atom is -0.462 e. The molecule has 0 aliphatic carbocycles. The van der Waals surface area contributed by atoms with Gasteiger partial charge in [0.1, 0.15) is 23.9 Å². The highest BCUT2D eigenvalue weighted by molar-refractivity contribution is 6.30. The van der Waals surface area contributed by atoms with Gasteiger partial charge in [-0.1, -0.05) is 11.6 Å². The van der Waals surface area contributed by atoms with Crippen LogP contribution < -0.4 is 5.73 Å². The number of hydrogen-bond donors (Lipinski definition) is 1. The Morgan fingerprint density at radius 1 is 1.39 bits per heavy atom. The number of halogens is 2. The molecule has 1 atom stereocenters. The van der Waals surface area contributed by atoms with Crippen LogP contribution in [0.15, 0.2) is 34.7 Å². The first-order valence-electron chi connectivity index (χ1n) is 5.40. The summed E-state index contributed by atoms with van der Waals surface area (Å²) in [5, 5.41) is 0.436. The van der Waals surface area contributed by atoms with Crippen molar-refractivity contribution in [1.82, 2.24) is 0 Å². The molecule has 1 unspecified atom stereocenters. The Kier molecular flexibility index (Phi) is 4.01. The molecule has 0 aliphatic heterocycles. The van der Waals surface area contributed by atoms with Crippen molar-refractivity contribution in [2.45, 2.75) is 12.6 Å². The third-order valence-corrected chi connectivity index (χ3v) is 2.80. The smallest absolute Gasteiger partial charge is 0.129 e. The zero-order valence-corrected chi connectivity index (χ0v) is 10.6. The van der Waals surface area contributed by atoms with E-state index in [1.807, 2.05) is 0 Å². The van der Waals surface area contributed by atoms with Crippen molar-refractivity contribution < 1.29 is 13.5 Å². The van der Waals surface area contributed by atoms with Crippen LogP contribution in [0.25, 0.3) is 0 Å². The van der Waals surface area contributed by atoms with E-state index in [4.69, 9.17) is 26.5 Å². The summed E-state index contributed by atoms with van der Waals surface area (Å²) in [7, 11) is 1.57. The van der Waals surface area contributed by atoms with Crippen LogP contribution in [0, 0.1) is 5.82 Å². The normalized spacial score (nSPS) is 12.7. The van der Waals surface area contributed by atoms with Gasteiger partial charge >= 0.3 is 0 Å². The van der Waals surface area contributed by atoms with Crippen LogP contribution in [-0.2, 0) is 11.3 Å². The summed E-state index contributed by atoms with van der Waals surface area (Å²) in [6.45, 7) is 0.352. The van der Waals surface area contributed by atoms with Crippen LogP contribution in [0.4, 0.5) is 4.39 Å². The first-order chi connectivity index (χ1) is 8.61. The van der Waals surface area contributed by atoms with Crippen LogP contribution in [0.1, 0.15) is 23.1 Å². The molecule has 96 valence electrons. The Labute approximate surface area is 109 Å². The first-order valence-corrected chi connectivity index (χ1v) is 5.77. The minimum absolute atomic E-state index is 0.306. The lowest BCUT2D eigenvalue weighted by Crippen LogP contribution is -2.12. The SMILES string of the molecule is COCc1ccc(C(N)c2cc(Cl)ccc2F)o1. The third-order valence-electron chi connectivity index (χ3n) is 2.57. The molecular formula is C13H13ClFNO2. The fourth-order valence-corrected chi connectivity index (χ4v) is 1.87. The van der Waals surface area contributed by atoms with Gasteiger partial charge in [0, 0.05) is 17.7 Å². The molecule has 2 rings (SSSR count). The molecule has 2 aromatic rings. The van der Waals surface area contributed by atoms with E-state index in [0.717, 1.165) is 0 Å². The van der Waals surface area contributed by atoms with E-state index in [2.05, 4.69) is 0 Å². The maximum atomic E-state index is 13.7. The number of ether oxygens (including phenoxy) is 1. The molecular weight excluding hydrogens is 257 g/mol. The van der Waals surface area contributed by atoms with Gasteiger partial charge in [-0.2, -0.15) is 0 Å². The number of methoxy groups -OCH3 is 1. The van der Waals surface area contributed by atoms with Crippen molar-refractivity contribution in [3.63, 3.8) is 0 Å². The van der Waals surface area contributed by atoms with Crippen LogP contribution in [0.2, 0.25) is 5.02 Å². The van der Waals surface area contributed by atoms with Crippen molar-refractivity contribution in [2.75, 3.05) is 7.11 Å². The van der Waals surface area contributed by atoms with Crippen molar-refractivity contribution in [1.29, 1.82) is 0 Å². The zero-order chi connectivity index (χ0) is 13.1. The molecule has 1 aromatic carbocycles. The predicted octanol–water partition coefficient (Wildman–Crippen LogP) is 3.27. The molecule has 0 fully saturated rings. The molecule has 0 bridgehead atoms. The monoisotopic (exact) mass is 269 g/mol. The molecule has 3 nitrogen and oxygen atoms in total.